The van der Waals surface area contributed by atoms with E-state index in [0.717, 1.165) is 0 Å². The molecule has 0 aliphatic rings. The summed E-state index contributed by atoms with van der Waals surface area (Å²) in [7, 11) is 1.37. The molecule has 4 nitrogen and oxygen atoms in total. The van der Waals surface area contributed by atoms with Gasteiger partial charge in [0.05, 0.1) is 7.11 Å². The van der Waals surface area contributed by atoms with E-state index in [1.54, 1.807) is 24.3 Å². The third-order valence-corrected chi connectivity index (χ3v) is 2.29. The first-order valence-corrected chi connectivity index (χ1v) is 5.34. The van der Waals surface area contributed by atoms with Crippen LogP contribution in [0, 0.1) is 5.41 Å². The summed E-state index contributed by atoms with van der Waals surface area (Å²) in [5.74, 6) is -0.279. The predicted molar refractivity (Wildman–Crippen MR) is 64.7 cm³/mol. The number of hydrogen-bond donors (Lipinski definition) is 1. The van der Waals surface area contributed by atoms with Crippen LogP contribution in [0.5, 0.6) is 0 Å². The van der Waals surface area contributed by atoms with Gasteiger partial charge in [0.1, 0.15) is 0 Å². The van der Waals surface area contributed by atoms with Gasteiger partial charge >= 0.3 is 0 Å². The van der Waals surface area contributed by atoms with Gasteiger partial charge in [-0.1, -0.05) is 32.9 Å². The maximum atomic E-state index is 11.9. The largest absolute Gasteiger partial charge is 0.294 e. The zero-order valence-corrected chi connectivity index (χ0v) is 10.5. The molecule has 1 N–H and O–H groups in total. The van der Waals surface area contributed by atoms with Gasteiger partial charge in [-0.25, -0.2) is 5.48 Å². The van der Waals surface area contributed by atoms with Crippen molar-refractivity contribution in [2.24, 2.45) is 5.41 Å². The number of benzene rings is 1. The molecule has 0 aromatic heterocycles. The van der Waals surface area contributed by atoms with Gasteiger partial charge < -0.3 is 0 Å². The molecular formula is C13H17NO3. The van der Waals surface area contributed by atoms with E-state index < -0.39 is 5.41 Å². The van der Waals surface area contributed by atoms with Crippen LogP contribution in [0.3, 0.4) is 0 Å². The van der Waals surface area contributed by atoms with Crippen LogP contribution in [0.1, 0.15) is 41.5 Å². The standard InChI is InChI=1S/C13H17NO3/c1-13(2,3)11(15)9-5-7-10(8-6-9)12(16)14-17-4/h5-8H,1-4H3,(H,14,16). The Morgan fingerprint density at radius 2 is 1.53 bits per heavy atom. The molecule has 0 radical (unpaired) electrons. The van der Waals surface area contributed by atoms with Crippen molar-refractivity contribution < 1.29 is 14.4 Å². The zero-order valence-electron chi connectivity index (χ0n) is 10.5. The maximum Gasteiger partial charge on any atom is 0.274 e. The van der Waals surface area contributed by atoms with Crippen molar-refractivity contribution in [1.29, 1.82) is 0 Å². The first-order valence-electron chi connectivity index (χ1n) is 5.34. The molecule has 0 fully saturated rings. The molecule has 0 aliphatic carbocycles. The Bertz CT molecular complexity index is 415. The summed E-state index contributed by atoms with van der Waals surface area (Å²) in [4.78, 5) is 27.9. The van der Waals surface area contributed by atoms with Crippen molar-refractivity contribution in [1.82, 2.24) is 5.48 Å². The van der Waals surface area contributed by atoms with E-state index in [-0.39, 0.29) is 11.7 Å². The summed E-state index contributed by atoms with van der Waals surface area (Å²) >= 11 is 0. The number of ketones is 1. The average Bonchev–Trinajstić information content (AvgIpc) is 2.27. The van der Waals surface area contributed by atoms with Gasteiger partial charge in [0.2, 0.25) is 0 Å². The van der Waals surface area contributed by atoms with Crippen molar-refractivity contribution in [2.45, 2.75) is 20.8 Å². The molecule has 0 aliphatic heterocycles. The van der Waals surface area contributed by atoms with Crippen LogP contribution in [-0.2, 0) is 4.84 Å². The van der Waals surface area contributed by atoms with Gasteiger partial charge in [-0.2, -0.15) is 0 Å². The highest BCUT2D eigenvalue weighted by molar-refractivity contribution is 6.01. The molecule has 0 saturated carbocycles. The topological polar surface area (TPSA) is 55.4 Å². The van der Waals surface area contributed by atoms with Gasteiger partial charge in [-0.05, 0) is 12.1 Å². The normalized spacial score (nSPS) is 11.1. The Labute approximate surface area is 101 Å². The Morgan fingerprint density at radius 1 is 1.06 bits per heavy atom. The molecule has 1 aromatic rings. The third-order valence-electron chi connectivity index (χ3n) is 2.29. The van der Waals surface area contributed by atoms with Crippen LogP contribution in [0.15, 0.2) is 24.3 Å². The van der Waals surface area contributed by atoms with Gasteiger partial charge in [-0.3, -0.25) is 14.4 Å². The van der Waals surface area contributed by atoms with Crippen molar-refractivity contribution in [3.05, 3.63) is 35.4 Å². The van der Waals surface area contributed by atoms with Crippen molar-refractivity contribution in [3.63, 3.8) is 0 Å². The van der Waals surface area contributed by atoms with Gasteiger partial charge in [0, 0.05) is 16.5 Å². The minimum atomic E-state index is -0.420. The lowest BCUT2D eigenvalue weighted by atomic mass is 9.86. The smallest absolute Gasteiger partial charge is 0.274 e. The van der Waals surface area contributed by atoms with Crippen LogP contribution in [0.25, 0.3) is 0 Å². The van der Waals surface area contributed by atoms with Crippen LogP contribution in [-0.4, -0.2) is 18.8 Å². The molecule has 4 heteroatoms. The number of amides is 1. The fourth-order valence-electron chi connectivity index (χ4n) is 1.36. The molecule has 0 spiro atoms. The zero-order chi connectivity index (χ0) is 13.1. The highest BCUT2D eigenvalue weighted by atomic mass is 16.6. The Morgan fingerprint density at radius 3 is 1.94 bits per heavy atom. The van der Waals surface area contributed by atoms with E-state index in [0.29, 0.717) is 11.1 Å². The van der Waals surface area contributed by atoms with E-state index in [9.17, 15) is 9.59 Å². The SMILES string of the molecule is CONC(=O)c1ccc(C(=O)C(C)(C)C)cc1. The van der Waals surface area contributed by atoms with Crippen molar-refractivity contribution in [2.75, 3.05) is 7.11 Å². The van der Waals surface area contributed by atoms with Gasteiger partial charge in [0.25, 0.3) is 5.91 Å². The fraction of sp³-hybridized carbons (Fsp3) is 0.385. The lowest BCUT2D eigenvalue weighted by Gasteiger charge is -2.16. The summed E-state index contributed by atoms with van der Waals surface area (Å²) in [6.07, 6.45) is 0. The average molecular weight is 235 g/mol. The fourth-order valence-corrected chi connectivity index (χ4v) is 1.36. The molecule has 0 atom stereocenters. The molecule has 1 rings (SSSR count). The van der Waals surface area contributed by atoms with E-state index in [4.69, 9.17) is 0 Å². The van der Waals surface area contributed by atoms with Gasteiger partial charge in [0.15, 0.2) is 5.78 Å². The van der Waals surface area contributed by atoms with Crippen molar-refractivity contribution >= 4 is 11.7 Å². The molecule has 0 unspecified atom stereocenters. The molecule has 1 amide bonds. The highest BCUT2D eigenvalue weighted by Gasteiger charge is 2.22. The van der Waals surface area contributed by atoms with Gasteiger partial charge in [-0.15, -0.1) is 0 Å². The first-order chi connectivity index (χ1) is 7.86. The second-order valence-corrected chi connectivity index (χ2v) is 4.79. The quantitative estimate of drug-likeness (QED) is 0.645. The molecule has 92 valence electrons. The van der Waals surface area contributed by atoms with Crippen LogP contribution < -0.4 is 5.48 Å². The van der Waals surface area contributed by atoms with E-state index in [1.165, 1.54) is 7.11 Å². The summed E-state index contributed by atoms with van der Waals surface area (Å²) in [6, 6.07) is 6.51. The van der Waals surface area contributed by atoms with E-state index in [2.05, 4.69) is 10.3 Å². The Hall–Kier alpha value is -1.68. The number of Topliss-reactive ketones (excluding diaryl/α,β-unsaturated/α-hetero) is 1. The summed E-state index contributed by atoms with van der Waals surface area (Å²) in [5.41, 5.74) is 2.86. The number of nitrogens with one attached hydrogen (secondary N) is 1. The second-order valence-electron chi connectivity index (χ2n) is 4.79. The molecule has 0 bridgehead atoms. The molecule has 0 heterocycles. The van der Waals surface area contributed by atoms with Crippen molar-refractivity contribution in [3.8, 4) is 0 Å². The predicted octanol–water partition coefficient (Wildman–Crippen LogP) is 2.21. The van der Waals surface area contributed by atoms with Crippen LogP contribution >= 0.6 is 0 Å². The summed E-state index contributed by atoms with van der Waals surface area (Å²) in [5, 5.41) is 0. The molecule has 1 aromatic carbocycles. The lowest BCUT2D eigenvalue weighted by molar-refractivity contribution is 0.0537. The highest BCUT2D eigenvalue weighted by Crippen LogP contribution is 2.20. The molecule has 0 saturated heterocycles. The molecule has 17 heavy (non-hydrogen) atoms. The van der Waals surface area contributed by atoms with Crippen LogP contribution in [0.4, 0.5) is 0 Å². The summed E-state index contributed by atoms with van der Waals surface area (Å²) in [6.45, 7) is 5.59. The number of carbonyl (C=O) groups excluding carboxylic acids is 2. The molecular weight excluding hydrogens is 218 g/mol. The number of carbonyl (C=O) groups is 2. The number of rotatable bonds is 3. The number of hydroxylamine groups is 1. The lowest BCUT2D eigenvalue weighted by Crippen LogP contribution is -2.22. The third kappa shape index (κ3) is 3.39. The van der Waals surface area contributed by atoms with E-state index >= 15 is 0 Å². The Kier molecular flexibility index (Phi) is 4.02. The van der Waals surface area contributed by atoms with E-state index in [1.807, 2.05) is 20.8 Å². The minimum absolute atomic E-state index is 0.0520. The maximum absolute atomic E-state index is 11.9. The Balaban J connectivity index is 2.89. The first kappa shape index (κ1) is 13.4. The number of hydrogen-bond acceptors (Lipinski definition) is 3. The second kappa shape index (κ2) is 5.10. The monoisotopic (exact) mass is 235 g/mol. The van der Waals surface area contributed by atoms with Crippen LogP contribution in [0.2, 0.25) is 0 Å². The minimum Gasteiger partial charge on any atom is -0.294 e. The summed E-state index contributed by atoms with van der Waals surface area (Å²) < 4.78 is 0.